The molecule has 0 saturated heterocycles. The predicted octanol–water partition coefficient (Wildman–Crippen LogP) is 4.18. The van der Waals surface area contributed by atoms with Crippen LogP contribution >= 0.6 is 0 Å². The first-order valence-corrected chi connectivity index (χ1v) is 7.90. The Balaban J connectivity index is 2.65. The largest absolute Gasteiger partial charge is 0.507 e. The van der Waals surface area contributed by atoms with E-state index in [1.807, 2.05) is 27.7 Å². The van der Waals surface area contributed by atoms with E-state index in [2.05, 4.69) is 0 Å². The van der Waals surface area contributed by atoms with Crippen LogP contribution in [0.4, 0.5) is 0 Å². The third-order valence-corrected chi connectivity index (χ3v) is 4.04. The average molecular weight is 326 g/mol. The molecule has 0 aromatic heterocycles. The molecule has 24 heavy (non-hydrogen) atoms. The number of hydrogen-bond donors (Lipinski definition) is 2. The molecule has 2 aromatic carbocycles. The first-order chi connectivity index (χ1) is 11.2. The highest BCUT2D eigenvalue weighted by Crippen LogP contribution is 2.35. The summed E-state index contributed by atoms with van der Waals surface area (Å²) in [5.41, 5.74) is 1.54. The fourth-order valence-electron chi connectivity index (χ4n) is 2.69. The Hall–Kier alpha value is -2.62. The van der Waals surface area contributed by atoms with E-state index in [0.29, 0.717) is 23.1 Å². The molecule has 0 bridgehead atoms. The number of hydrogen-bond acceptors (Lipinski definition) is 3. The van der Waals surface area contributed by atoms with E-state index in [1.54, 1.807) is 24.3 Å². The van der Waals surface area contributed by atoms with Crippen molar-refractivity contribution in [3.63, 3.8) is 0 Å². The topological polar surface area (TPSA) is 74.6 Å². The highest BCUT2D eigenvalue weighted by Gasteiger charge is 2.24. The fraction of sp³-hybridized carbons (Fsp3) is 0.300. The quantitative estimate of drug-likeness (QED) is 0.827. The van der Waals surface area contributed by atoms with E-state index in [9.17, 15) is 19.8 Å². The number of carboxylic acid groups (broad SMARTS) is 1. The number of phenolic OH excluding ortho intramolecular Hbond substituents is 1. The molecule has 0 amide bonds. The number of rotatable bonds is 4. The lowest BCUT2D eigenvalue weighted by atomic mass is 9.82. The van der Waals surface area contributed by atoms with E-state index in [-0.39, 0.29) is 28.1 Å². The van der Waals surface area contributed by atoms with Crippen molar-refractivity contribution in [3.05, 3.63) is 64.2 Å². The zero-order chi connectivity index (χ0) is 18.1. The molecule has 2 rings (SSSR count). The van der Waals surface area contributed by atoms with Crippen LogP contribution < -0.4 is 0 Å². The molecule has 2 aromatic rings. The van der Waals surface area contributed by atoms with E-state index < -0.39 is 5.97 Å². The summed E-state index contributed by atoms with van der Waals surface area (Å²) < 4.78 is 0. The highest BCUT2D eigenvalue weighted by molar-refractivity contribution is 6.14. The molecule has 0 spiro atoms. The molecule has 0 aliphatic carbocycles. The molecule has 0 aliphatic heterocycles. The molecule has 0 fully saturated rings. The van der Waals surface area contributed by atoms with E-state index >= 15 is 0 Å². The number of carboxylic acids is 1. The number of carbonyl (C=O) groups excluding carboxylic acids is 1. The summed E-state index contributed by atoms with van der Waals surface area (Å²) in [6.45, 7) is 7.78. The molecule has 126 valence electrons. The minimum atomic E-state index is -1.13. The second-order valence-corrected chi connectivity index (χ2v) is 6.81. The van der Waals surface area contributed by atoms with Crippen molar-refractivity contribution >= 4 is 11.8 Å². The summed E-state index contributed by atoms with van der Waals surface area (Å²) in [6, 6.07) is 9.48. The summed E-state index contributed by atoms with van der Waals surface area (Å²) in [5, 5.41) is 19.7. The van der Waals surface area contributed by atoms with Gasteiger partial charge < -0.3 is 10.2 Å². The molecule has 4 nitrogen and oxygen atoms in total. The van der Waals surface area contributed by atoms with Gasteiger partial charge >= 0.3 is 5.97 Å². The Morgan fingerprint density at radius 1 is 1.04 bits per heavy atom. The van der Waals surface area contributed by atoms with Gasteiger partial charge in [0.25, 0.3) is 0 Å². The Labute approximate surface area is 141 Å². The Kier molecular flexibility index (Phi) is 4.78. The number of phenols is 1. The number of aromatic hydroxyl groups is 1. The maximum absolute atomic E-state index is 12.9. The number of aromatic carboxylic acids is 1. The molecule has 0 unspecified atom stereocenters. The van der Waals surface area contributed by atoms with Crippen LogP contribution in [0.25, 0.3) is 0 Å². The van der Waals surface area contributed by atoms with Crippen molar-refractivity contribution in [3.8, 4) is 5.75 Å². The number of ketones is 1. The Morgan fingerprint density at radius 2 is 1.62 bits per heavy atom. The predicted molar refractivity (Wildman–Crippen MR) is 93.0 cm³/mol. The molecule has 0 radical (unpaired) electrons. The van der Waals surface area contributed by atoms with Crippen LogP contribution in [0.2, 0.25) is 0 Å². The lowest BCUT2D eigenvalue weighted by Crippen LogP contribution is -2.15. The van der Waals surface area contributed by atoms with Crippen LogP contribution in [-0.4, -0.2) is 22.0 Å². The molecular formula is C20H22O4. The van der Waals surface area contributed by atoms with E-state index in [1.165, 1.54) is 12.1 Å². The highest BCUT2D eigenvalue weighted by atomic mass is 16.4. The lowest BCUT2D eigenvalue weighted by molar-refractivity contribution is 0.0692. The van der Waals surface area contributed by atoms with Crippen molar-refractivity contribution in [2.75, 3.05) is 0 Å². The summed E-state index contributed by atoms with van der Waals surface area (Å²) in [7, 11) is 0. The van der Waals surface area contributed by atoms with Gasteiger partial charge in [-0.05, 0) is 35.6 Å². The van der Waals surface area contributed by atoms with E-state index in [4.69, 9.17) is 0 Å². The third kappa shape index (κ3) is 3.32. The van der Waals surface area contributed by atoms with Crippen LogP contribution in [0.1, 0.15) is 65.1 Å². The summed E-state index contributed by atoms with van der Waals surface area (Å²) >= 11 is 0. The van der Waals surface area contributed by atoms with E-state index in [0.717, 1.165) is 0 Å². The van der Waals surface area contributed by atoms with Crippen molar-refractivity contribution < 1.29 is 19.8 Å². The maximum atomic E-state index is 12.9. The first kappa shape index (κ1) is 17.7. The van der Waals surface area contributed by atoms with Crippen LogP contribution in [0.3, 0.4) is 0 Å². The fourth-order valence-corrected chi connectivity index (χ4v) is 2.69. The monoisotopic (exact) mass is 326 g/mol. The van der Waals surface area contributed by atoms with Gasteiger partial charge in [-0.2, -0.15) is 0 Å². The van der Waals surface area contributed by atoms with Gasteiger partial charge in [-0.25, -0.2) is 4.79 Å². The first-order valence-electron chi connectivity index (χ1n) is 7.90. The van der Waals surface area contributed by atoms with Gasteiger partial charge in [-0.1, -0.05) is 45.9 Å². The number of benzene rings is 2. The molecule has 0 heterocycles. The molecule has 4 heteroatoms. The lowest BCUT2D eigenvalue weighted by Gasteiger charge is -2.23. The average Bonchev–Trinajstić information content (AvgIpc) is 2.53. The van der Waals surface area contributed by atoms with Crippen molar-refractivity contribution in [1.29, 1.82) is 0 Å². The third-order valence-electron chi connectivity index (χ3n) is 4.04. The van der Waals surface area contributed by atoms with Crippen LogP contribution in [0, 0.1) is 0 Å². The standard InChI is InChI=1S/C20H22O4/c1-5-12-10-13(11-16(18(12)22)20(2,3)4)17(21)14-8-6-7-9-15(14)19(23)24/h6-11,22H,5H2,1-4H3,(H,23,24). The van der Waals surface area contributed by atoms with Crippen molar-refractivity contribution in [2.45, 2.75) is 39.5 Å². The van der Waals surface area contributed by atoms with Crippen molar-refractivity contribution in [2.24, 2.45) is 0 Å². The van der Waals surface area contributed by atoms with Gasteiger partial charge in [0.1, 0.15) is 5.75 Å². The number of aryl methyl sites for hydroxylation is 1. The normalized spacial score (nSPS) is 11.3. The molecule has 0 atom stereocenters. The second-order valence-electron chi connectivity index (χ2n) is 6.81. The minimum Gasteiger partial charge on any atom is -0.507 e. The van der Waals surface area contributed by atoms with Crippen LogP contribution in [0.5, 0.6) is 5.75 Å². The molecule has 0 saturated carbocycles. The molecule has 2 N–H and O–H groups in total. The minimum absolute atomic E-state index is 0.0223. The van der Waals surface area contributed by atoms with Crippen LogP contribution in [-0.2, 0) is 11.8 Å². The SMILES string of the molecule is CCc1cc(C(=O)c2ccccc2C(=O)O)cc(C(C)(C)C)c1O. The molecular weight excluding hydrogens is 304 g/mol. The smallest absolute Gasteiger partial charge is 0.336 e. The van der Waals surface area contributed by atoms with Gasteiger partial charge in [0, 0.05) is 16.7 Å². The zero-order valence-electron chi connectivity index (χ0n) is 14.4. The number of carbonyl (C=O) groups is 2. The summed E-state index contributed by atoms with van der Waals surface area (Å²) in [6.07, 6.45) is 0.580. The van der Waals surface area contributed by atoms with Gasteiger partial charge in [-0.3, -0.25) is 4.79 Å². The summed E-state index contributed by atoms with van der Waals surface area (Å²) in [5.74, 6) is -1.29. The van der Waals surface area contributed by atoms with Crippen molar-refractivity contribution in [1.82, 2.24) is 0 Å². The van der Waals surface area contributed by atoms with Gasteiger partial charge in [0.15, 0.2) is 5.78 Å². The van der Waals surface area contributed by atoms with Crippen LogP contribution in [0.15, 0.2) is 36.4 Å². The summed E-state index contributed by atoms with van der Waals surface area (Å²) in [4.78, 5) is 24.3. The van der Waals surface area contributed by atoms with Gasteiger partial charge in [0.05, 0.1) is 5.56 Å². The Bertz CT molecular complexity index is 798. The zero-order valence-corrected chi connectivity index (χ0v) is 14.4. The second kappa shape index (κ2) is 6.48. The van der Waals surface area contributed by atoms with Gasteiger partial charge in [0.2, 0.25) is 0 Å². The Morgan fingerprint density at radius 3 is 2.12 bits per heavy atom. The molecule has 0 aliphatic rings. The van der Waals surface area contributed by atoms with Gasteiger partial charge in [-0.15, -0.1) is 0 Å². The maximum Gasteiger partial charge on any atom is 0.336 e.